The molecule has 1 fully saturated rings. The van der Waals surface area contributed by atoms with Gasteiger partial charge in [0.15, 0.2) is 0 Å². The average molecular weight is 392 g/mol. The van der Waals surface area contributed by atoms with Crippen LogP contribution in [0.2, 0.25) is 0 Å². The normalized spacial score (nSPS) is 14.1. The summed E-state index contributed by atoms with van der Waals surface area (Å²) in [5, 5.41) is 4.40. The smallest absolute Gasteiger partial charge is 0.228 e. The molecule has 1 aliphatic heterocycles. The molecule has 2 aromatic heterocycles. The molecule has 8 heteroatoms. The van der Waals surface area contributed by atoms with Crippen molar-refractivity contribution in [3.63, 3.8) is 0 Å². The van der Waals surface area contributed by atoms with Crippen molar-refractivity contribution in [2.24, 2.45) is 0 Å². The van der Waals surface area contributed by atoms with E-state index in [1.165, 1.54) is 0 Å². The molecule has 150 valence electrons. The van der Waals surface area contributed by atoms with Gasteiger partial charge in [0, 0.05) is 51.1 Å². The zero-order chi connectivity index (χ0) is 20.1. The van der Waals surface area contributed by atoms with Gasteiger partial charge < -0.3 is 14.5 Å². The van der Waals surface area contributed by atoms with E-state index in [-0.39, 0.29) is 5.91 Å². The minimum absolute atomic E-state index is 0.170. The minimum atomic E-state index is 0.170. The SMILES string of the molecule is COc1ccnc(N2CCN(C(=O)CCc3cnn(-c4ccccc4)c3)CC2)n1. The van der Waals surface area contributed by atoms with E-state index < -0.39 is 0 Å². The third-order valence-electron chi connectivity index (χ3n) is 5.03. The van der Waals surface area contributed by atoms with Crippen molar-refractivity contribution in [2.45, 2.75) is 12.8 Å². The van der Waals surface area contributed by atoms with Crippen LogP contribution in [0.5, 0.6) is 5.88 Å². The zero-order valence-electron chi connectivity index (χ0n) is 16.4. The molecule has 29 heavy (non-hydrogen) atoms. The Hall–Kier alpha value is -3.42. The van der Waals surface area contributed by atoms with Gasteiger partial charge in [0.25, 0.3) is 0 Å². The van der Waals surface area contributed by atoms with Crippen molar-refractivity contribution in [2.75, 3.05) is 38.2 Å². The van der Waals surface area contributed by atoms with E-state index in [1.807, 2.05) is 52.3 Å². The first-order valence-electron chi connectivity index (χ1n) is 9.71. The van der Waals surface area contributed by atoms with Crippen molar-refractivity contribution in [1.82, 2.24) is 24.6 Å². The fraction of sp³-hybridized carbons (Fsp3) is 0.333. The highest BCUT2D eigenvalue weighted by atomic mass is 16.5. The molecular formula is C21H24N6O2. The first-order chi connectivity index (χ1) is 14.2. The summed E-state index contributed by atoms with van der Waals surface area (Å²) in [4.78, 5) is 25.3. The van der Waals surface area contributed by atoms with Gasteiger partial charge in [-0.05, 0) is 24.1 Å². The Balaban J connectivity index is 1.27. The van der Waals surface area contributed by atoms with Crippen molar-refractivity contribution < 1.29 is 9.53 Å². The molecule has 0 unspecified atom stereocenters. The number of benzene rings is 1. The van der Waals surface area contributed by atoms with Crippen LogP contribution in [-0.4, -0.2) is 63.8 Å². The number of carbonyl (C=O) groups excluding carboxylic acids is 1. The Morgan fingerprint density at radius 2 is 1.90 bits per heavy atom. The van der Waals surface area contributed by atoms with E-state index in [1.54, 1.807) is 19.4 Å². The third-order valence-corrected chi connectivity index (χ3v) is 5.03. The quantitative estimate of drug-likeness (QED) is 0.638. The maximum atomic E-state index is 12.6. The van der Waals surface area contributed by atoms with Gasteiger partial charge in [0.2, 0.25) is 17.7 Å². The molecule has 1 amide bonds. The Bertz CT molecular complexity index is 951. The van der Waals surface area contributed by atoms with E-state index in [4.69, 9.17) is 4.74 Å². The zero-order valence-corrected chi connectivity index (χ0v) is 16.4. The summed E-state index contributed by atoms with van der Waals surface area (Å²) in [5.74, 6) is 1.36. The molecule has 0 bridgehead atoms. The molecule has 3 aromatic rings. The number of piperazine rings is 1. The number of amides is 1. The Labute approximate surface area is 169 Å². The number of para-hydroxylation sites is 1. The number of anilines is 1. The number of aromatic nitrogens is 4. The van der Waals surface area contributed by atoms with E-state index in [9.17, 15) is 4.79 Å². The number of methoxy groups -OCH3 is 1. The van der Waals surface area contributed by atoms with Crippen LogP contribution in [0.25, 0.3) is 5.69 Å². The maximum absolute atomic E-state index is 12.6. The Morgan fingerprint density at radius 1 is 1.10 bits per heavy atom. The Morgan fingerprint density at radius 3 is 2.66 bits per heavy atom. The summed E-state index contributed by atoms with van der Waals surface area (Å²) in [6.45, 7) is 2.76. The van der Waals surface area contributed by atoms with Crippen LogP contribution in [0.3, 0.4) is 0 Å². The molecule has 0 spiro atoms. The summed E-state index contributed by atoms with van der Waals surface area (Å²) >= 11 is 0. The summed E-state index contributed by atoms with van der Waals surface area (Å²) < 4.78 is 7.00. The van der Waals surface area contributed by atoms with Gasteiger partial charge in [-0.15, -0.1) is 0 Å². The molecule has 8 nitrogen and oxygen atoms in total. The lowest BCUT2D eigenvalue weighted by molar-refractivity contribution is -0.131. The van der Waals surface area contributed by atoms with Crippen LogP contribution in [0.1, 0.15) is 12.0 Å². The number of hydrogen-bond acceptors (Lipinski definition) is 6. The topological polar surface area (TPSA) is 76.4 Å². The fourth-order valence-electron chi connectivity index (χ4n) is 3.37. The molecule has 3 heterocycles. The van der Waals surface area contributed by atoms with Crippen molar-refractivity contribution in [1.29, 1.82) is 0 Å². The molecule has 0 N–H and O–H groups in total. The highest BCUT2D eigenvalue weighted by Gasteiger charge is 2.22. The number of carbonyl (C=O) groups is 1. The summed E-state index contributed by atoms with van der Waals surface area (Å²) in [6.07, 6.45) is 6.67. The van der Waals surface area contributed by atoms with Gasteiger partial charge in [-0.25, -0.2) is 9.67 Å². The largest absolute Gasteiger partial charge is 0.481 e. The van der Waals surface area contributed by atoms with Gasteiger partial charge in [0.05, 0.1) is 19.0 Å². The van der Waals surface area contributed by atoms with Gasteiger partial charge in [-0.3, -0.25) is 4.79 Å². The summed E-state index contributed by atoms with van der Waals surface area (Å²) in [5.41, 5.74) is 2.08. The molecule has 0 aliphatic carbocycles. The van der Waals surface area contributed by atoms with Gasteiger partial charge in [-0.2, -0.15) is 10.1 Å². The second-order valence-corrected chi connectivity index (χ2v) is 6.90. The second kappa shape index (κ2) is 8.72. The number of rotatable bonds is 6. The van der Waals surface area contributed by atoms with Crippen LogP contribution in [0.4, 0.5) is 5.95 Å². The monoisotopic (exact) mass is 392 g/mol. The van der Waals surface area contributed by atoms with Crippen molar-refractivity contribution in [3.05, 3.63) is 60.6 Å². The molecule has 1 saturated heterocycles. The lowest BCUT2D eigenvalue weighted by Crippen LogP contribution is -2.49. The van der Waals surface area contributed by atoms with Gasteiger partial charge >= 0.3 is 0 Å². The number of aryl methyl sites for hydroxylation is 1. The third kappa shape index (κ3) is 4.53. The predicted octanol–water partition coefficient (Wildman–Crippen LogP) is 1.95. The van der Waals surface area contributed by atoms with E-state index in [0.29, 0.717) is 50.8 Å². The minimum Gasteiger partial charge on any atom is -0.481 e. The Kier molecular flexibility index (Phi) is 5.69. The van der Waals surface area contributed by atoms with E-state index in [2.05, 4.69) is 20.0 Å². The highest BCUT2D eigenvalue weighted by molar-refractivity contribution is 5.76. The summed E-state index contributed by atoms with van der Waals surface area (Å²) in [6, 6.07) is 11.7. The highest BCUT2D eigenvalue weighted by Crippen LogP contribution is 2.15. The molecule has 1 aromatic carbocycles. The number of hydrogen-bond donors (Lipinski definition) is 0. The van der Waals surface area contributed by atoms with Gasteiger partial charge in [-0.1, -0.05) is 18.2 Å². The number of ether oxygens (including phenoxy) is 1. The van der Waals surface area contributed by atoms with Crippen molar-refractivity contribution >= 4 is 11.9 Å². The first-order valence-corrected chi connectivity index (χ1v) is 9.71. The summed E-state index contributed by atoms with van der Waals surface area (Å²) in [7, 11) is 1.59. The van der Waals surface area contributed by atoms with Crippen LogP contribution < -0.4 is 9.64 Å². The average Bonchev–Trinajstić information content (AvgIpc) is 3.27. The number of nitrogens with zero attached hydrogens (tertiary/aromatic N) is 6. The first kappa shape index (κ1) is 18.9. The molecule has 4 rings (SSSR count). The van der Waals surface area contributed by atoms with Gasteiger partial charge in [0.1, 0.15) is 0 Å². The lowest BCUT2D eigenvalue weighted by atomic mass is 10.1. The molecule has 0 atom stereocenters. The van der Waals surface area contributed by atoms with Crippen LogP contribution in [0, 0.1) is 0 Å². The molecule has 0 saturated carbocycles. The van der Waals surface area contributed by atoms with Crippen LogP contribution in [0.15, 0.2) is 55.0 Å². The van der Waals surface area contributed by atoms with E-state index in [0.717, 1.165) is 11.3 Å². The lowest BCUT2D eigenvalue weighted by Gasteiger charge is -2.34. The maximum Gasteiger partial charge on any atom is 0.228 e. The second-order valence-electron chi connectivity index (χ2n) is 6.90. The van der Waals surface area contributed by atoms with E-state index >= 15 is 0 Å². The molecule has 0 radical (unpaired) electrons. The fourth-order valence-corrected chi connectivity index (χ4v) is 3.37. The predicted molar refractivity (Wildman–Crippen MR) is 109 cm³/mol. The standard InChI is InChI=1S/C21H24N6O2/c1-29-19-9-10-22-21(24-19)26-13-11-25(12-14-26)20(28)8-7-17-15-23-27(16-17)18-5-3-2-4-6-18/h2-6,9-10,15-16H,7-8,11-14H2,1H3. The van der Waals surface area contributed by atoms with Crippen molar-refractivity contribution in [3.8, 4) is 11.6 Å². The molecular weight excluding hydrogens is 368 g/mol. The van der Waals surface area contributed by atoms with Crippen LogP contribution >= 0.6 is 0 Å². The van der Waals surface area contributed by atoms with Crippen LogP contribution in [-0.2, 0) is 11.2 Å². The molecule has 1 aliphatic rings.